The zero-order valence-corrected chi connectivity index (χ0v) is 8.39. The van der Waals surface area contributed by atoms with E-state index in [0.717, 1.165) is 16.7 Å². The first-order chi connectivity index (χ1) is 5.79. The minimum absolute atomic E-state index is 0.778. The van der Waals surface area contributed by atoms with E-state index in [9.17, 15) is 0 Å². The second-order valence-corrected chi connectivity index (χ2v) is 3.45. The van der Waals surface area contributed by atoms with Crippen LogP contribution in [0.5, 0.6) is 0 Å². The van der Waals surface area contributed by atoms with Gasteiger partial charge in [-0.2, -0.15) is 0 Å². The number of hydrogen-bond acceptors (Lipinski definition) is 1. The van der Waals surface area contributed by atoms with E-state index in [-0.39, 0.29) is 0 Å². The molecule has 2 rings (SSSR count). The maximum atomic E-state index is 5.53. The summed E-state index contributed by atoms with van der Waals surface area (Å²) in [6, 6.07) is 8.27. The van der Waals surface area contributed by atoms with Gasteiger partial charge in [0.1, 0.15) is 11.3 Å². The van der Waals surface area contributed by atoms with Crippen molar-refractivity contribution in [3.05, 3.63) is 35.6 Å². The smallest absolute Gasteiger partial charge is 0.134 e. The molecule has 1 aromatic carbocycles. The third-order valence-electron chi connectivity index (χ3n) is 1.85. The van der Waals surface area contributed by atoms with Crippen molar-refractivity contribution in [3.8, 4) is 0 Å². The largest absolute Gasteiger partial charge is 0.460 e. The lowest BCUT2D eigenvalue weighted by molar-refractivity contribution is 0.575. The van der Waals surface area contributed by atoms with Gasteiger partial charge in [-0.1, -0.05) is 27.6 Å². The lowest BCUT2D eigenvalue weighted by Crippen LogP contribution is -1.67. The molecular weight excluding hydrogens is 216 g/mol. The van der Waals surface area contributed by atoms with Crippen LogP contribution in [0, 0.1) is 6.92 Å². The lowest BCUT2D eigenvalue weighted by atomic mass is 10.2. The van der Waals surface area contributed by atoms with Gasteiger partial charge in [-0.25, -0.2) is 0 Å². The number of fused-ring (bicyclic) bond motifs is 1. The number of alkyl halides is 1. The summed E-state index contributed by atoms with van der Waals surface area (Å²) in [5.41, 5.74) is 2.24. The molecular formula is C10H9BrO. The minimum atomic E-state index is 0.778. The summed E-state index contributed by atoms with van der Waals surface area (Å²) in [6.07, 6.45) is 0. The maximum absolute atomic E-state index is 5.53. The topological polar surface area (TPSA) is 13.1 Å². The Bertz CT molecular complexity index is 403. The molecule has 0 atom stereocenters. The molecule has 0 saturated heterocycles. The highest BCUT2D eigenvalue weighted by atomic mass is 79.9. The van der Waals surface area contributed by atoms with E-state index in [0.29, 0.717) is 0 Å². The molecule has 1 aromatic heterocycles. The lowest BCUT2D eigenvalue weighted by Gasteiger charge is -1.89. The van der Waals surface area contributed by atoms with Gasteiger partial charge in [-0.15, -0.1) is 0 Å². The van der Waals surface area contributed by atoms with E-state index in [1.807, 2.05) is 6.07 Å². The fraction of sp³-hybridized carbons (Fsp3) is 0.200. The van der Waals surface area contributed by atoms with Crippen LogP contribution in [0.1, 0.15) is 11.3 Å². The molecule has 0 aliphatic rings. The molecule has 0 N–H and O–H groups in total. The highest BCUT2D eigenvalue weighted by Gasteiger charge is 2.01. The molecule has 0 unspecified atom stereocenters. The molecule has 1 nitrogen and oxygen atoms in total. The Morgan fingerprint density at radius 1 is 1.33 bits per heavy atom. The number of aryl methyl sites for hydroxylation is 1. The SMILES string of the molecule is Cc1ccc2oc(CBr)cc2c1. The zero-order chi connectivity index (χ0) is 8.55. The van der Waals surface area contributed by atoms with Gasteiger partial charge in [0.25, 0.3) is 0 Å². The van der Waals surface area contributed by atoms with Gasteiger partial charge in [-0.05, 0) is 25.1 Å². The van der Waals surface area contributed by atoms with Crippen LogP contribution in [-0.4, -0.2) is 0 Å². The first-order valence-corrected chi connectivity index (χ1v) is 4.97. The van der Waals surface area contributed by atoms with Crippen LogP contribution in [0.2, 0.25) is 0 Å². The highest BCUT2D eigenvalue weighted by molar-refractivity contribution is 9.08. The highest BCUT2D eigenvalue weighted by Crippen LogP contribution is 2.21. The van der Waals surface area contributed by atoms with Gasteiger partial charge in [0.15, 0.2) is 0 Å². The van der Waals surface area contributed by atoms with Crippen molar-refractivity contribution in [3.63, 3.8) is 0 Å². The molecule has 12 heavy (non-hydrogen) atoms. The Morgan fingerprint density at radius 2 is 2.17 bits per heavy atom. The van der Waals surface area contributed by atoms with E-state index < -0.39 is 0 Å². The summed E-state index contributed by atoms with van der Waals surface area (Å²) in [5, 5.41) is 1.96. The van der Waals surface area contributed by atoms with Gasteiger partial charge < -0.3 is 4.42 Å². The standard InChI is InChI=1S/C10H9BrO/c1-7-2-3-10-8(4-7)5-9(6-11)12-10/h2-5H,6H2,1H3. The molecule has 2 aromatic rings. The van der Waals surface area contributed by atoms with Gasteiger partial charge in [0.05, 0.1) is 5.33 Å². The summed E-state index contributed by atoms with van der Waals surface area (Å²) in [6.45, 7) is 2.08. The van der Waals surface area contributed by atoms with Crippen molar-refractivity contribution in [1.29, 1.82) is 0 Å². The number of furan rings is 1. The molecule has 0 aliphatic heterocycles. The van der Waals surface area contributed by atoms with Crippen LogP contribution < -0.4 is 0 Å². The normalized spacial score (nSPS) is 10.8. The monoisotopic (exact) mass is 224 g/mol. The van der Waals surface area contributed by atoms with Crippen LogP contribution in [0.4, 0.5) is 0 Å². The van der Waals surface area contributed by atoms with Gasteiger partial charge >= 0.3 is 0 Å². The van der Waals surface area contributed by atoms with E-state index in [2.05, 4.69) is 41.1 Å². The quantitative estimate of drug-likeness (QED) is 0.675. The van der Waals surface area contributed by atoms with Crippen LogP contribution >= 0.6 is 15.9 Å². The summed E-state index contributed by atoms with van der Waals surface area (Å²) in [5.74, 6) is 0.982. The first-order valence-electron chi connectivity index (χ1n) is 3.84. The molecule has 0 saturated carbocycles. The summed E-state index contributed by atoms with van der Waals surface area (Å²) >= 11 is 3.36. The number of halogens is 1. The average molecular weight is 225 g/mol. The third-order valence-corrected chi connectivity index (χ3v) is 2.41. The van der Waals surface area contributed by atoms with Gasteiger partial charge in [0.2, 0.25) is 0 Å². The van der Waals surface area contributed by atoms with Crippen molar-refractivity contribution in [1.82, 2.24) is 0 Å². The predicted octanol–water partition coefficient (Wildman–Crippen LogP) is 3.64. The van der Waals surface area contributed by atoms with Crippen LogP contribution in [0.3, 0.4) is 0 Å². The minimum Gasteiger partial charge on any atom is -0.460 e. The summed E-state index contributed by atoms with van der Waals surface area (Å²) < 4.78 is 5.53. The van der Waals surface area contributed by atoms with E-state index >= 15 is 0 Å². The Labute approximate surface area is 79.5 Å². The molecule has 0 spiro atoms. The number of rotatable bonds is 1. The van der Waals surface area contributed by atoms with Crippen LogP contribution in [-0.2, 0) is 5.33 Å². The first kappa shape index (κ1) is 7.87. The van der Waals surface area contributed by atoms with Crippen molar-refractivity contribution >= 4 is 26.9 Å². The van der Waals surface area contributed by atoms with E-state index in [4.69, 9.17) is 4.42 Å². The molecule has 0 fully saturated rings. The summed E-state index contributed by atoms with van der Waals surface area (Å²) in [4.78, 5) is 0. The maximum Gasteiger partial charge on any atom is 0.134 e. The Morgan fingerprint density at radius 3 is 2.92 bits per heavy atom. The molecule has 0 amide bonds. The molecule has 1 heterocycles. The number of benzene rings is 1. The zero-order valence-electron chi connectivity index (χ0n) is 6.80. The van der Waals surface area contributed by atoms with E-state index in [1.54, 1.807) is 0 Å². The van der Waals surface area contributed by atoms with Gasteiger partial charge in [0, 0.05) is 5.39 Å². The second kappa shape index (κ2) is 2.94. The Balaban J connectivity index is 2.67. The Kier molecular flexibility index (Phi) is 1.93. The number of hydrogen-bond donors (Lipinski definition) is 0. The van der Waals surface area contributed by atoms with Gasteiger partial charge in [-0.3, -0.25) is 0 Å². The van der Waals surface area contributed by atoms with Crippen molar-refractivity contribution in [2.45, 2.75) is 12.3 Å². The Hall–Kier alpha value is -0.760. The summed E-state index contributed by atoms with van der Waals surface area (Å²) in [7, 11) is 0. The molecule has 0 bridgehead atoms. The molecule has 2 heteroatoms. The molecule has 62 valence electrons. The second-order valence-electron chi connectivity index (χ2n) is 2.89. The molecule has 0 radical (unpaired) electrons. The third kappa shape index (κ3) is 1.27. The van der Waals surface area contributed by atoms with Crippen molar-refractivity contribution in [2.75, 3.05) is 0 Å². The molecule has 0 aliphatic carbocycles. The van der Waals surface area contributed by atoms with E-state index in [1.165, 1.54) is 10.9 Å². The van der Waals surface area contributed by atoms with Crippen molar-refractivity contribution < 1.29 is 4.42 Å². The fourth-order valence-electron chi connectivity index (χ4n) is 1.28. The predicted molar refractivity (Wildman–Crippen MR) is 53.6 cm³/mol. The van der Waals surface area contributed by atoms with Crippen molar-refractivity contribution in [2.24, 2.45) is 0 Å². The fourth-order valence-corrected chi connectivity index (χ4v) is 1.56. The van der Waals surface area contributed by atoms with Crippen LogP contribution in [0.25, 0.3) is 11.0 Å². The average Bonchev–Trinajstić information content (AvgIpc) is 2.46. The van der Waals surface area contributed by atoms with Crippen LogP contribution in [0.15, 0.2) is 28.7 Å².